The van der Waals surface area contributed by atoms with E-state index < -0.39 is 0 Å². The Kier molecular flexibility index (Phi) is 7.14. The van der Waals surface area contributed by atoms with Crippen molar-refractivity contribution >= 4 is 0 Å². The Hall–Kier alpha value is -0.120. The molecule has 0 bridgehead atoms. The molecule has 0 fully saturated rings. The fourth-order valence-corrected chi connectivity index (χ4v) is 1.82. The van der Waals surface area contributed by atoms with Crippen LogP contribution >= 0.6 is 0 Å². The molecule has 0 aliphatic heterocycles. The van der Waals surface area contributed by atoms with E-state index in [0.717, 1.165) is 26.0 Å². The summed E-state index contributed by atoms with van der Waals surface area (Å²) in [5, 5.41) is 3.58. The summed E-state index contributed by atoms with van der Waals surface area (Å²) in [6, 6.07) is 0.391. The smallest absolute Gasteiger partial charge is 0.0633 e. The second kappa shape index (κ2) is 7.20. The van der Waals surface area contributed by atoms with E-state index in [1.165, 1.54) is 0 Å². The van der Waals surface area contributed by atoms with Crippen LogP contribution in [0, 0.1) is 0 Å². The lowest BCUT2D eigenvalue weighted by molar-refractivity contribution is 0.0570. The van der Waals surface area contributed by atoms with E-state index in [2.05, 4.69) is 45.1 Å². The number of likely N-dealkylation sites (N-methyl/N-ethyl adjacent to an activating group) is 1. The maximum atomic E-state index is 5.31. The molecule has 3 heteroatoms. The predicted molar refractivity (Wildman–Crippen MR) is 66.3 cm³/mol. The van der Waals surface area contributed by atoms with Crippen LogP contribution < -0.4 is 5.32 Å². The summed E-state index contributed by atoms with van der Waals surface area (Å²) in [5.74, 6) is 0. The SMILES string of the molecule is CCCNC(COC)C(C)(CC)N(C)C. The van der Waals surface area contributed by atoms with Gasteiger partial charge in [-0.25, -0.2) is 0 Å². The molecule has 0 rings (SSSR count). The van der Waals surface area contributed by atoms with Crippen molar-refractivity contribution in [2.45, 2.75) is 45.2 Å². The molecule has 0 saturated heterocycles. The van der Waals surface area contributed by atoms with Crippen molar-refractivity contribution in [3.63, 3.8) is 0 Å². The summed E-state index contributed by atoms with van der Waals surface area (Å²) in [4.78, 5) is 2.29. The lowest BCUT2D eigenvalue weighted by Gasteiger charge is -2.42. The lowest BCUT2D eigenvalue weighted by Crippen LogP contribution is -2.58. The zero-order chi connectivity index (χ0) is 11.9. The van der Waals surface area contributed by atoms with E-state index in [-0.39, 0.29) is 5.54 Å². The van der Waals surface area contributed by atoms with Gasteiger partial charge in [0.2, 0.25) is 0 Å². The Morgan fingerprint density at radius 3 is 2.27 bits per heavy atom. The second-order valence-corrected chi connectivity index (χ2v) is 4.57. The quantitative estimate of drug-likeness (QED) is 0.669. The van der Waals surface area contributed by atoms with Crippen molar-refractivity contribution in [3.05, 3.63) is 0 Å². The van der Waals surface area contributed by atoms with Gasteiger partial charge in [0.25, 0.3) is 0 Å². The minimum absolute atomic E-state index is 0.158. The highest BCUT2D eigenvalue weighted by Gasteiger charge is 2.34. The summed E-state index contributed by atoms with van der Waals surface area (Å²) < 4.78 is 5.31. The fourth-order valence-electron chi connectivity index (χ4n) is 1.82. The minimum atomic E-state index is 0.158. The van der Waals surface area contributed by atoms with Crippen LogP contribution in [0.3, 0.4) is 0 Å². The third-order valence-electron chi connectivity index (χ3n) is 3.46. The van der Waals surface area contributed by atoms with E-state index in [0.29, 0.717) is 6.04 Å². The van der Waals surface area contributed by atoms with Crippen LogP contribution in [0.25, 0.3) is 0 Å². The van der Waals surface area contributed by atoms with E-state index in [4.69, 9.17) is 4.74 Å². The van der Waals surface area contributed by atoms with Gasteiger partial charge in [0.15, 0.2) is 0 Å². The normalized spacial score (nSPS) is 17.8. The van der Waals surface area contributed by atoms with Gasteiger partial charge < -0.3 is 15.0 Å². The Labute approximate surface area is 95.2 Å². The van der Waals surface area contributed by atoms with Crippen molar-refractivity contribution in [2.75, 3.05) is 34.4 Å². The predicted octanol–water partition coefficient (Wildman–Crippen LogP) is 1.73. The Morgan fingerprint density at radius 1 is 1.33 bits per heavy atom. The number of nitrogens with zero attached hydrogens (tertiary/aromatic N) is 1. The van der Waals surface area contributed by atoms with Crippen molar-refractivity contribution in [1.82, 2.24) is 10.2 Å². The first-order chi connectivity index (χ1) is 7.02. The standard InChI is InChI=1S/C12H28N2O/c1-7-9-13-11(10-15-6)12(3,8-2)14(4)5/h11,13H,7-10H2,1-6H3. The molecule has 0 aromatic rings. The van der Waals surface area contributed by atoms with E-state index >= 15 is 0 Å². The molecule has 3 nitrogen and oxygen atoms in total. The van der Waals surface area contributed by atoms with Gasteiger partial charge >= 0.3 is 0 Å². The van der Waals surface area contributed by atoms with E-state index in [1.54, 1.807) is 7.11 Å². The van der Waals surface area contributed by atoms with Crippen LogP contribution in [0.2, 0.25) is 0 Å². The van der Waals surface area contributed by atoms with Crippen LogP contribution in [0.15, 0.2) is 0 Å². The maximum Gasteiger partial charge on any atom is 0.0633 e. The fraction of sp³-hybridized carbons (Fsp3) is 1.00. The largest absolute Gasteiger partial charge is 0.383 e. The first-order valence-electron chi connectivity index (χ1n) is 5.92. The van der Waals surface area contributed by atoms with Gasteiger partial charge in [-0.05, 0) is 40.4 Å². The molecule has 0 heterocycles. The number of rotatable bonds is 8. The minimum Gasteiger partial charge on any atom is -0.383 e. The number of nitrogens with one attached hydrogen (secondary N) is 1. The lowest BCUT2D eigenvalue weighted by atomic mass is 9.88. The number of hydrogen-bond donors (Lipinski definition) is 1. The van der Waals surface area contributed by atoms with Crippen LogP contribution in [0.1, 0.15) is 33.6 Å². The van der Waals surface area contributed by atoms with Crippen molar-refractivity contribution in [2.24, 2.45) is 0 Å². The van der Waals surface area contributed by atoms with Crippen LogP contribution in [0.4, 0.5) is 0 Å². The Bertz CT molecular complexity index is 162. The molecule has 0 amide bonds. The summed E-state index contributed by atoms with van der Waals surface area (Å²) in [6.45, 7) is 8.53. The maximum absolute atomic E-state index is 5.31. The number of methoxy groups -OCH3 is 1. The molecule has 15 heavy (non-hydrogen) atoms. The van der Waals surface area contributed by atoms with Crippen molar-refractivity contribution < 1.29 is 4.74 Å². The summed E-state index contributed by atoms with van der Waals surface area (Å²) in [7, 11) is 6.05. The van der Waals surface area contributed by atoms with Crippen molar-refractivity contribution in [3.8, 4) is 0 Å². The molecule has 0 saturated carbocycles. The molecule has 0 aliphatic carbocycles. The summed E-state index contributed by atoms with van der Waals surface area (Å²) >= 11 is 0. The molecule has 0 spiro atoms. The monoisotopic (exact) mass is 216 g/mol. The van der Waals surface area contributed by atoms with Gasteiger partial charge in [-0.1, -0.05) is 13.8 Å². The Morgan fingerprint density at radius 2 is 1.93 bits per heavy atom. The number of ether oxygens (including phenoxy) is 1. The van der Waals surface area contributed by atoms with Crippen LogP contribution in [-0.2, 0) is 4.74 Å². The molecule has 0 aliphatic rings. The first kappa shape index (κ1) is 14.9. The molecule has 2 atom stereocenters. The molecule has 0 aromatic carbocycles. The highest BCUT2D eigenvalue weighted by molar-refractivity contribution is 4.94. The highest BCUT2D eigenvalue weighted by Crippen LogP contribution is 2.21. The molecule has 92 valence electrons. The van der Waals surface area contributed by atoms with Gasteiger partial charge in [0.1, 0.15) is 0 Å². The third kappa shape index (κ3) is 4.09. The van der Waals surface area contributed by atoms with Gasteiger partial charge in [-0.15, -0.1) is 0 Å². The van der Waals surface area contributed by atoms with E-state index in [1.807, 2.05) is 0 Å². The van der Waals surface area contributed by atoms with Gasteiger partial charge in [-0.2, -0.15) is 0 Å². The molecular weight excluding hydrogens is 188 g/mol. The molecule has 1 N–H and O–H groups in total. The van der Waals surface area contributed by atoms with Crippen LogP contribution in [0.5, 0.6) is 0 Å². The Balaban J connectivity index is 4.52. The zero-order valence-electron chi connectivity index (χ0n) is 11.3. The zero-order valence-corrected chi connectivity index (χ0v) is 11.3. The van der Waals surface area contributed by atoms with Crippen molar-refractivity contribution in [1.29, 1.82) is 0 Å². The highest BCUT2D eigenvalue weighted by atomic mass is 16.5. The number of hydrogen-bond acceptors (Lipinski definition) is 3. The summed E-state index contributed by atoms with van der Waals surface area (Å²) in [5.41, 5.74) is 0.158. The molecule has 0 aromatic heterocycles. The molecule has 0 radical (unpaired) electrons. The average Bonchev–Trinajstić information content (AvgIpc) is 2.22. The third-order valence-corrected chi connectivity index (χ3v) is 3.46. The molecular formula is C12H28N2O. The second-order valence-electron chi connectivity index (χ2n) is 4.57. The topological polar surface area (TPSA) is 24.5 Å². The van der Waals surface area contributed by atoms with Gasteiger partial charge in [0, 0.05) is 18.7 Å². The van der Waals surface area contributed by atoms with E-state index in [9.17, 15) is 0 Å². The van der Waals surface area contributed by atoms with Gasteiger partial charge in [0.05, 0.1) is 6.61 Å². The molecule has 2 unspecified atom stereocenters. The van der Waals surface area contributed by atoms with Crippen LogP contribution in [-0.4, -0.2) is 50.8 Å². The first-order valence-corrected chi connectivity index (χ1v) is 5.92. The summed E-state index contributed by atoms with van der Waals surface area (Å²) in [6.07, 6.45) is 2.28. The average molecular weight is 216 g/mol. The van der Waals surface area contributed by atoms with Gasteiger partial charge in [-0.3, -0.25) is 0 Å².